The number of rotatable bonds is 4. The number of nitrogens with zero attached hydrogens (tertiary/aromatic N) is 1. The van der Waals surface area contributed by atoms with Crippen molar-refractivity contribution in [1.82, 2.24) is 10.2 Å². The molecule has 1 aromatic carbocycles. The molecule has 0 unspecified atom stereocenters. The van der Waals surface area contributed by atoms with E-state index in [1.54, 1.807) is 12.1 Å². The van der Waals surface area contributed by atoms with Crippen LogP contribution >= 0.6 is 36.4 Å². The Bertz CT molecular complexity index is 423. The molecular weight excluding hydrogens is 322 g/mol. The summed E-state index contributed by atoms with van der Waals surface area (Å²) in [6.45, 7) is 7.61. The molecule has 0 saturated carbocycles. The maximum Gasteiger partial charge on any atom is 0.123 e. The van der Waals surface area contributed by atoms with Crippen LogP contribution in [0.2, 0.25) is 5.02 Å². The highest BCUT2D eigenvalue weighted by molar-refractivity contribution is 6.31. The van der Waals surface area contributed by atoms with Crippen molar-refractivity contribution in [1.29, 1.82) is 0 Å². The van der Waals surface area contributed by atoms with Gasteiger partial charge in [-0.2, -0.15) is 0 Å². The molecule has 0 aromatic heterocycles. The summed E-state index contributed by atoms with van der Waals surface area (Å²) in [5.41, 5.74) is 0.860. The molecule has 1 aliphatic heterocycles. The Kier molecular flexibility index (Phi) is 9.43. The maximum absolute atomic E-state index is 13.4. The number of halogens is 4. The molecule has 1 saturated heterocycles. The van der Waals surface area contributed by atoms with Crippen molar-refractivity contribution in [3.05, 3.63) is 47.3 Å². The van der Waals surface area contributed by atoms with Gasteiger partial charge in [0.1, 0.15) is 5.82 Å². The Morgan fingerprint density at radius 3 is 2.60 bits per heavy atom. The lowest BCUT2D eigenvalue weighted by Crippen LogP contribution is -2.45. The number of nitrogens with one attached hydrogen (secondary N) is 1. The highest BCUT2D eigenvalue weighted by Crippen LogP contribution is 2.31. The molecule has 1 aliphatic rings. The largest absolute Gasteiger partial charge is 0.314 e. The summed E-state index contributed by atoms with van der Waals surface area (Å²) in [5, 5.41) is 3.94. The van der Waals surface area contributed by atoms with E-state index in [0.717, 1.165) is 38.2 Å². The van der Waals surface area contributed by atoms with Gasteiger partial charge in [0, 0.05) is 37.2 Å². The number of hydrogen-bond acceptors (Lipinski definition) is 2. The first-order valence-electron chi connectivity index (χ1n) is 6.23. The quantitative estimate of drug-likeness (QED) is 0.837. The van der Waals surface area contributed by atoms with Crippen molar-refractivity contribution in [2.75, 3.05) is 26.2 Å². The van der Waals surface area contributed by atoms with Gasteiger partial charge in [-0.15, -0.1) is 31.4 Å². The lowest BCUT2D eigenvalue weighted by atomic mass is 10.0. The first-order chi connectivity index (χ1) is 8.72. The van der Waals surface area contributed by atoms with Crippen LogP contribution in [0.5, 0.6) is 0 Å². The molecule has 1 atom stereocenters. The molecule has 1 fully saturated rings. The minimum Gasteiger partial charge on any atom is -0.314 e. The van der Waals surface area contributed by atoms with Gasteiger partial charge in [-0.05, 0) is 30.2 Å². The van der Waals surface area contributed by atoms with E-state index in [1.165, 1.54) is 6.07 Å². The Balaban J connectivity index is 0.00000180. The Labute approximate surface area is 137 Å². The van der Waals surface area contributed by atoms with Crippen LogP contribution in [0.25, 0.3) is 0 Å². The van der Waals surface area contributed by atoms with Gasteiger partial charge in [0.05, 0.1) is 0 Å². The van der Waals surface area contributed by atoms with Crippen molar-refractivity contribution in [3.8, 4) is 0 Å². The normalized spacial score (nSPS) is 16.7. The molecule has 20 heavy (non-hydrogen) atoms. The molecular formula is C14H20Cl3FN2. The topological polar surface area (TPSA) is 15.3 Å². The molecule has 0 amide bonds. The second kappa shape index (κ2) is 9.59. The lowest BCUT2D eigenvalue weighted by molar-refractivity contribution is 0.174. The van der Waals surface area contributed by atoms with Crippen molar-refractivity contribution in [2.45, 2.75) is 12.5 Å². The summed E-state index contributed by atoms with van der Waals surface area (Å²) in [7, 11) is 0. The third-order valence-electron chi connectivity index (χ3n) is 3.30. The van der Waals surface area contributed by atoms with Crippen molar-refractivity contribution >= 4 is 36.4 Å². The Morgan fingerprint density at radius 2 is 2.00 bits per heavy atom. The lowest BCUT2D eigenvalue weighted by Gasteiger charge is -2.35. The van der Waals surface area contributed by atoms with Gasteiger partial charge >= 0.3 is 0 Å². The van der Waals surface area contributed by atoms with Crippen molar-refractivity contribution in [2.24, 2.45) is 0 Å². The van der Waals surface area contributed by atoms with Gasteiger partial charge < -0.3 is 5.32 Å². The van der Waals surface area contributed by atoms with Gasteiger partial charge in [-0.25, -0.2) is 4.39 Å². The smallest absolute Gasteiger partial charge is 0.123 e. The number of benzene rings is 1. The van der Waals surface area contributed by atoms with Gasteiger partial charge in [0.25, 0.3) is 0 Å². The highest BCUT2D eigenvalue weighted by Gasteiger charge is 2.23. The molecule has 1 heterocycles. The predicted octanol–water partition coefficient (Wildman–Crippen LogP) is 3.85. The van der Waals surface area contributed by atoms with E-state index in [0.29, 0.717) is 5.02 Å². The van der Waals surface area contributed by atoms with E-state index in [9.17, 15) is 4.39 Å². The predicted molar refractivity (Wildman–Crippen MR) is 87.9 cm³/mol. The van der Waals surface area contributed by atoms with E-state index < -0.39 is 0 Å². The molecule has 114 valence electrons. The summed E-state index contributed by atoms with van der Waals surface area (Å²) in [5.74, 6) is -0.237. The van der Waals surface area contributed by atoms with Crippen LogP contribution in [0.3, 0.4) is 0 Å². The van der Waals surface area contributed by atoms with E-state index >= 15 is 0 Å². The average molecular weight is 342 g/mol. The summed E-state index contributed by atoms with van der Waals surface area (Å²) in [6, 6.07) is 4.69. The van der Waals surface area contributed by atoms with Crippen LogP contribution in [0.1, 0.15) is 18.0 Å². The third kappa shape index (κ3) is 4.90. The zero-order chi connectivity index (χ0) is 13.0. The number of hydrogen-bond donors (Lipinski definition) is 1. The fraction of sp³-hybridized carbons (Fsp3) is 0.429. The molecule has 0 bridgehead atoms. The maximum atomic E-state index is 13.4. The summed E-state index contributed by atoms with van der Waals surface area (Å²) >= 11 is 6.20. The van der Waals surface area contributed by atoms with E-state index in [2.05, 4.69) is 16.8 Å². The van der Waals surface area contributed by atoms with E-state index in [1.807, 2.05) is 6.08 Å². The van der Waals surface area contributed by atoms with Crippen molar-refractivity contribution in [3.63, 3.8) is 0 Å². The zero-order valence-electron chi connectivity index (χ0n) is 11.1. The molecule has 0 aliphatic carbocycles. The molecule has 6 heteroatoms. The van der Waals surface area contributed by atoms with Gasteiger partial charge in [-0.1, -0.05) is 17.7 Å². The van der Waals surface area contributed by atoms with Gasteiger partial charge in [0.15, 0.2) is 0 Å². The van der Waals surface area contributed by atoms with E-state index in [4.69, 9.17) is 11.6 Å². The first-order valence-corrected chi connectivity index (χ1v) is 6.61. The molecule has 0 spiro atoms. The third-order valence-corrected chi connectivity index (χ3v) is 3.64. The summed E-state index contributed by atoms with van der Waals surface area (Å²) in [6.07, 6.45) is 2.65. The van der Waals surface area contributed by atoms with E-state index in [-0.39, 0.29) is 36.7 Å². The summed E-state index contributed by atoms with van der Waals surface area (Å²) in [4.78, 5) is 2.33. The molecule has 1 N–H and O–H groups in total. The van der Waals surface area contributed by atoms with Crippen molar-refractivity contribution < 1.29 is 4.39 Å². The Hall–Kier alpha value is -0.320. The van der Waals surface area contributed by atoms with Crippen LogP contribution < -0.4 is 5.32 Å². The highest BCUT2D eigenvalue weighted by atomic mass is 35.5. The summed E-state index contributed by atoms with van der Waals surface area (Å²) < 4.78 is 13.4. The second-order valence-electron chi connectivity index (χ2n) is 4.49. The Morgan fingerprint density at radius 1 is 1.35 bits per heavy atom. The minimum atomic E-state index is -0.237. The molecule has 2 nitrogen and oxygen atoms in total. The SMILES string of the molecule is C=CC[C@H](c1cc(F)ccc1Cl)N1CCNCC1.Cl.Cl. The average Bonchev–Trinajstić information content (AvgIpc) is 2.40. The first kappa shape index (κ1) is 19.7. The zero-order valence-corrected chi connectivity index (χ0v) is 13.5. The molecule has 1 aromatic rings. The monoisotopic (exact) mass is 340 g/mol. The minimum absolute atomic E-state index is 0. The molecule has 0 radical (unpaired) electrons. The van der Waals surface area contributed by atoms with Gasteiger partial charge in [0.2, 0.25) is 0 Å². The second-order valence-corrected chi connectivity index (χ2v) is 4.90. The fourth-order valence-corrected chi connectivity index (χ4v) is 2.64. The fourth-order valence-electron chi connectivity index (χ4n) is 2.39. The molecule has 2 rings (SSSR count). The standard InChI is InChI=1S/C14H18ClFN2.2ClH/c1-2-3-14(18-8-6-17-7-9-18)12-10-11(16)4-5-13(12)15;;/h2,4-5,10,14,17H,1,3,6-9H2;2*1H/t14-;;/m1../s1. The van der Waals surface area contributed by atoms with Crippen LogP contribution in [0.4, 0.5) is 4.39 Å². The van der Waals surface area contributed by atoms with Crippen LogP contribution in [-0.4, -0.2) is 31.1 Å². The van der Waals surface area contributed by atoms with Crippen LogP contribution in [0.15, 0.2) is 30.9 Å². The number of piperazine rings is 1. The van der Waals surface area contributed by atoms with Crippen LogP contribution in [0, 0.1) is 5.82 Å². The van der Waals surface area contributed by atoms with Crippen LogP contribution in [-0.2, 0) is 0 Å². The van der Waals surface area contributed by atoms with Gasteiger partial charge in [-0.3, -0.25) is 4.90 Å².